The van der Waals surface area contributed by atoms with Crippen LogP contribution in [0.1, 0.15) is 17.3 Å². The van der Waals surface area contributed by atoms with Crippen LogP contribution in [0.2, 0.25) is 0 Å². The summed E-state index contributed by atoms with van der Waals surface area (Å²) >= 11 is 2.99. The van der Waals surface area contributed by atoms with Crippen molar-refractivity contribution in [1.29, 1.82) is 0 Å². The van der Waals surface area contributed by atoms with E-state index in [4.69, 9.17) is 4.74 Å². The summed E-state index contributed by atoms with van der Waals surface area (Å²) in [6, 6.07) is 6.64. The number of halogens is 1. The number of benzene rings is 1. The summed E-state index contributed by atoms with van der Waals surface area (Å²) in [5.41, 5.74) is 0.798. The second kappa shape index (κ2) is 4.77. The van der Waals surface area contributed by atoms with E-state index in [1.807, 2.05) is 0 Å². The highest BCUT2D eigenvalue weighted by atomic mass is 79.9. The first-order chi connectivity index (χ1) is 8.94. The highest BCUT2D eigenvalue weighted by Crippen LogP contribution is 2.37. The SMILES string of the molecule is CCOC(=O)C1(Br)C(=O)c2ccccc2N(C)C1=O. The van der Waals surface area contributed by atoms with E-state index in [0.717, 1.165) is 0 Å². The van der Waals surface area contributed by atoms with E-state index in [9.17, 15) is 14.4 Å². The number of hydrogen-bond acceptors (Lipinski definition) is 4. The summed E-state index contributed by atoms with van der Waals surface area (Å²) in [6.45, 7) is 1.71. The highest BCUT2D eigenvalue weighted by molar-refractivity contribution is 9.11. The fourth-order valence-corrected chi connectivity index (χ4v) is 2.59. The van der Waals surface area contributed by atoms with Gasteiger partial charge in [0.05, 0.1) is 12.3 Å². The number of fused-ring (bicyclic) bond motifs is 1. The molecule has 1 unspecified atom stereocenters. The van der Waals surface area contributed by atoms with Gasteiger partial charge in [0.2, 0.25) is 5.78 Å². The Hall–Kier alpha value is -1.69. The van der Waals surface area contributed by atoms with Gasteiger partial charge in [-0.2, -0.15) is 0 Å². The van der Waals surface area contributed by atoms with Crippen molar-refractivity contribution in [2.45, 2.75) is 11.2 Å². The molecule has 0 aliphatic carbocycles. The van der Waals surface area contributed by atoms with Gasteiger partial charge in [0.15, 0.2) is 0 Å². The number of esters is 1. The van der Waals surface area contributed by atoms with Gasteiger partial charge in [-0.15, -0.1) is 0 Å². The quantitative estimate of drug-likeness (QED) is 0.470. The first kappa shape index (κ1) is 13.7. The zero-order chi connectivity index (χ0) is 14.2. The molecule has 0 bridgehead atoms. The predicted octanol–water partition coefficient (Wildman–Crippen LogP) is 1.54. The van der Waals surface area contributed by atoms with Crippen LogP contribution >= 0.6 is 15.9 Å². The fraction of sp³-hybridized carbons (Fsp3) is 0.308. The lowest BCUT2D eigenvalue weighted by Crippen LogP contribution is -2.58. The monoisotopic (exact) mass is 325 g/mol. The molecule has 1 aromatic carbocycles. The average Bonchev–Trinajstić information content (AvgIpc) is 2.43. The molecule has 0 aromatic heterocycles. The van der Waals surface area contributed by atoms with Crippen molar-refractivity contribution >= 4 is 39.3 Å². The predicted molar refractivity (Wildman–Crippen MR) is 72.5 cm³/mol. The lowest BCUT2D eigenvalue weighted by Gasteiger charge is -2.34. The maximum absolute atomic E-state index is 12.4. The van der Waals surface area contributed by atoms with Gasteiger partial charge in [0, 0.05) is 12.6 Å². The van der Waals surface area contributed by atoms with E-state index in [1.165, 1.54) is 11.9 Å². The van der Waals surface area contributed by atoms with Crippen LogP contribution in [0.25, 0.3) is 0 Å². The molecular weight excluding hydrogens is 314 g/mol. The van der Waals surface area contributed by atoms with Gasteiger partial charge in [0.1, 0.15) is 0 Å². The molecule has 0 N–H and O–H groups in total. The third kappa shape index (κ3) is 1.87. The summed E-state index contributed by atoms with van der Waals surface area (Å²) in [5.74, 6) is -2.12. The molecule has 100 valence electrons. The second-order valence-corrected chi connectivity index (χ2v) is 5.28. The maximum atomic E-state index is 12.4. The van der Waals surface area contributed by atoms with E-state index >= 15 is 0 Å². The number of ether oxygens (including phenoxy) is 1. The van der Waals surface area contributed by atoms with E-state index in [2.05, 4.69) is 15.9 Å². The molecule has 1 heterocycles. The molecule has 0 spiro atoms. The Morgan fingerprint density at radius 3 is 2.63 bits per heavy atom. The van der Waals surface area contributed by atoms with Crippen LogP contribution in [-0.4, -0.2) is 35.6 Å². The van der Waals surface area contributed by atoms with Crippen molar-refractivity contribution < 1.29 is 19.1 Å². The van der Waals surface area contributed by atoms with Crippen LogP contribution in [0, 0.1) is 0 Å². The van der Waals surface area contributed by atoms with Gasteiger partial charge >= 0.3 is 5.97 Å². The number of ketones is 1. The minimum atomic E-state index is -1.98. The van der Waals surface area contributed by atoms with Crippen LogP contribution in [0.15, 0.2) is 24.3 Å². The largest absolute Gasteiger partial charge is 0.464 e. The van der Waals surface area contributed by atoms with Gasteiger partial charge in [0.25, 0.3) is 10.2 Å². The maximum Gasteiger partial charge on any atom is 0.340 e. The van der Waals surface area contributed by atoms with Crippen molar-refractivity contribution in [3.8, 4) is 0 Å². The number of amides is 1. The van der Waals surface area contributed by atoms with Crippen molar-refractivity contribution in [2.75, 3.05) is 18.6 Å². The first-order valence-corrected chi connectivity index (χ1v) is 6.52. The molecule has 19 heavy (non-hydrogen) atoms. The van der Waals surface area contributed by atoms with E-state index in [0.29, 0.717) is 11.3 Å². The zero-order valence-corrected chi connectivity index (χ0v) is 12.1. The molecular formula is C13H12BrNO4. The summed E-state index contributed by atoms with van der Waals surface area (Å²) < 4.78 is 2.85. The summed E-state index contributed by atoms with van der Waals surface area (Å²) in [7, 11) is 1.52. The van der Waals surface area contributed by atoms with Gasteiger partial charge < -0.3 is 9.64 Å². The van der Waals surface area contributed by atoms with Gasteiger partial charge in [-0.05, 0) is 19.1 Å². The molecule has 1 aromatic rings. The van der Waals surface area contributed by atoms with Crippen molar-refractivity contribution in [2.24, 2.45) is 0 Å². The number of nitrogens with zero attached hydrogens (tertiary/aromatic N) is 1. The molecule has 0 saturated heterocycles. The number of anilines is 1. The summed E-state index contributed by atoms with van der Waals surface area (Å²) in [5, 5.41) is 0. The zero-order valence-electron chi connectivity index (χ0n) is 10.5. The molecule has 1 aliphatic heterocycles. The smallest absolute Gasteiger partial charge is 0.340 e. The number of rotatable bonds is 2. The molecule has 1 atom stereocenters. The number of hydrogen-bond donors (Lipinski definition) is 0. The van der Waals surface area contributed by atoms with Crippen LogP contribution < -0.4 is 4.90 Å². The molecule has 5 nitrogen and oxygen atoms in total. The Morgan fingerprint density at radius 2 is 2.00 bits per heavy atom. The van der Waals surface area contributed by atoms with E-state index < -0.39 is 22.0 Å². The summed E-state index contributed by atoms with van der Waals surface area (Å²) in [6.07, 6.45) is 0. The minimum absolute atomic E-state index is 0.0953. The van der Waals surface area contributed by atoms with Crippen LogP contribution in [0.5, 0.6) is 0 Å². The molecule has 1 aliphatic rings. The Bertz CT molecular complexity index is 572. The lowest BCUT2D eigenvalue weighted by molar-refractivity contribution is -0.147. The number of Topliss-reactive ketones (excluding diaryl/α,β-unsaturated/α-hetero) is 1. The number of alkyl halides is 1. The van der Waals surface area contributed by atoms with Gasteiger partial charge in [-0.3, -0.25) is 9.59 Å². The molecule has 0 radical (unpaired) electrons. The van der Waals surface area contributed by atoms with Crippen molar-refractivity contribution in [3.05, 3.63) is 29.8 Å². The van der Waals surface area contributed by atoms with Crippen LogP contribution in [-0.2, 0) is 14.3 Å². The molecule has 0 fully saturated rings. The Morgan fingerprint density at radius 1 is 1.37 bits per heavy atom. The van der Waals surface area contributed by atoms with Gasteiger partial charge in [-0.1, -0.05) is 28.1 Å². The number of carbonyl (C=O) groups excluding carboxylic acids is 3. The molecule has 0 saturated carbocycles. The fourth-order valence-electron chi connectivity index (χ4n) is 1.99. The topological polar surface area (TPSA) is 63.7 Å². The van der Waals surface area contributed by atoms with Gasteiger partial charge in [-0.25, -0.2) is 4.79 Å². The molecule has 1 amide bonds. The standard InChI is InChI=1S/C13H12BrNO4/c1-3-19-12(18)13(14)10(16)8-6-4-5-7-9(8)15(2)11(13)17/h4-7H,3H2,1-2H3. The third-order valence-corrected chi connectivity index (χ3v) is 4.00. The average molecular weight is 326 g/mol. The number of carbonyl (C=O) groups is 3. The lowest BCUT2D eigenvalue weighted by atomic mass is 9.90. The van der Waals surface area contributed by atoms with Crippen molar-refractivity contribution in [1.82, 2.24) is 0 Å². The van der Waals surface area contributed by atoms with E-state index in [1.54, 1.807) is 31.2 Å². The Kier molecular flexibility index (Phi) is 3.45. The highest BCUT2D eigenvalue weighted by Gasteiger charge is 2.57. The van der Waals surface area contributed by atoms with Crippen LogP contribution in [0.3, 0.4) is 0 Å². The Labute approximate surface area is 118 Å². The second-order valence-electron chi connectivity index (χ2n) is 4.09. The normalized spacial score (nSPS) is 22.2. The van der Waals surface area contributed by atoms with Crippen molar-refractivity contribution in [3.63, 3.8) is 0 Å². The minimum Gasteiger partial charge on any atom is -0.464 e. The summed E-state index contributed by atoms with van der Waals surface area (Å²) in [4.78, 5) is 37.9. The first-order valence-electron chi connectivity index (χ1n) is 5.72. The Balaban J connectivity index is 2.58. The third-order valence-electron chi connectivity index (χ3n) is 2.98. The number of para-hydroxylation sites is 1. The van der Waals surface area contributed by atoms with Crippen LogP contribution in [0.4, 0.5) is 5.69 Å². The molecule has 6 heteroatoms. The molecule has 2 rings (SSSR count). The van der Waals surface area contributed by atoms with E-state index in [-0.39, 0.29) is 6.61 Å².